The van der Waals surface area contributed by atoms with Crippen LogP contribution in [0.3, 0.4) is 0 Å². The molecular weight excluding hydrogens is 216 g/mol. The molecule has 1 aromatic carbocycles. The Morgan fingerprint density at radius 2 is 2.07 bits per heavy atom. The average Bonchev–Trinajstić information content (AvgIpc) is 2.65. The largest absolute Gasteiger partial charge is 0.252 e. The maximum atomic E-state index is 13.4. The van der Waals surface area contributed by atoms with Gasteiger partial charge in [-0.05, 0) is 17.5 Å². The number of hydrogen-bond donors (Lipinski definition) is 0. The highest BCUT2D eigenvalue weighted by molar-refractivity contribution is 7.18. The summed E-state index contributed by atoms with van der Waals surface area (Å²) in [7, 11) is 0. The molecule has 0 fully saturated rings. The molecule has 0 spiro atoms. The second-order valence-corrected chi connectivity index (χ2v) is 4.16. The minimum atomic E-state index is -0.611. The Morgan fingerprint density at radius 3 is 2.93 bits per heavy atom. The van der Waals surface area contributed by atoms with Crippen molar-refractivity contribution in [3.05, 3.63) is 41.4 Å². The molecule has 0 aliphatic heterocycles. The van der Waals surface area contributed by atoms with Crippen molar-refractivity contribution in [2.24, 2.45) is 0 Å². The summed E-state index contributed by atoms with van der Waals surface area (Å²) in [6.07, 6.45) is 1.61. The molecule has 0 N–H and O–H groups in total. The molecule has 0 atom stereocenters. The maximum Gasteiger partial charge on any atom is 0.152 e. The van der Waals surface area contributed by atoms with Gasteiger partial charge < -0.3 is 0 Å². The molecule has 0 saturated carbocycles. The summed E-state index contributed by atoms with van der Waals surface area (Å²) in [4.78, 5) is 3.99. The Kier molecular flexibility index (Phi) is 1.73. The molecule has 4 heteroatoms. The SMILES string of the molecule is Fc1cc(F)c2ncc3ccsc3c2c1. The monoisotopic (exact) mass is 221 g/mol. The molecule has 2 aromatic heterocycles. The van der Waals surface area contributed by atoms with Crippen molar-refractivity contribution in [1.82, 2.24) is 4.98 Å². The Bertz CT molecular complexity index is 660. The van der Waals surface area contributed by atoms with Gasteiger partial charge in [0.1, 0.15) is 11.3 Å². The minimum Gasteiger partial charge on any atom is -0.252 e. The van der Waals surface area contributed by atoms with Crippen LogP contribution in [0.5, 0.6) is 0 Å². The first-order chi connectivity index (χ1) is 7.25. The van der Waals surface area contributed by atoms with E-state index in [0.29, 0.717) is 5.39 Å². The number of rotatable bonds is 0. The fourth-order valence-electron chi connectivity index (χ4n) is 1.64. The van der Waals surface area contributed by atoms with Crippen molar-refractivity contribution in [1.29, 1.82) is 0 Å². The van der Waals surface area contributed by atoms with Crippen molar-refractivity contribution in [3.63, 3.8) is 0 Å². The van der Waals surface area contributed by atoms with Gasteiger partial charge in [-0.3, -0.25) is 4.98 Å². The summed E-state index contributed by atoms with van der Waals surface area (Å²) in [6, 6.07) is 4.06. The van der Waals surface area contributed by atoms with E-state index in [9.17, 15) is 8.78 Å². The zero-order valence-corrected chi connectivity index (χ0v) is 8.31. The third-order valence-corrected chi connectivity index (χ3v) is 3.26. The molecule has 0 amide bonds. The molecule has 0 bridgehead atoms. The number of fused-ring (bicyclic) bond motifs is 3. The van der Waals surface area contributed by atoms with Gasteiger partial charge in [0.2, 0.25) is 0 Å². The van der Waals surface area contributed by atoms with Gasteiger partial charge in [0.15, 0.2) is 5.82 Å². The fraction of sp³-hybridized carbons (Fsp3) is 0. The van der Waals surface area contributed by atoms with Crippen LogP contribution in [0.4, 0.5) is 8.78 Å². The first-order valence-corrected chi connectivity index (χ1v) is 5.24. The molecule has 3 aromatic rings. The molecule has 0 aliphatic rings. The van der Waals surface area contributed by atoms with Crippen molar-refractivity contribution in [2.75, 3.05) is 0 Å². The van der Waals surface area contributed by atoms with Crippen LogP contribution in [-0.4, -0.2) is 4.98 Å². The molecular formula is C11H5F2NS. The van der Waals surface area contributed by atoms with Crippen LogP contribution in [0, 0.1) is 11.6 Å². The van der Waals surface area contributed by atoms with Crippen LogP contribution in [-0.2, 0) is 0 Å². The van der Waals surface area contributed by atoms with E-state index in [1.807, 2.05) is 11.4 Å². The number of benzene rings is 1. The van der Waals surface area contributed by atoms with E-state index in [0.717, 1.165) is 16.2 Å². The second-order valence-electron chi connectivity index (χ2n) is 3.25. The van der Waals surface area contributed by atoms with E-state index in [2.05, 4.69) is 4.98 Å². The number of thiophene rings is 1. The molecule has 0 radical (unpaired) electrons. The lowest BCUT2D eigenvalue weighted by Gasteiger charge is -2.00. The van der Waals surface area contributed by atoms with Gasteiger partial charge in [0, 0.05) is 27.7 Å². The zero-order chi connectivity index (χ0) is 10.4. The standard InChI is InChI=1S/C11H5F2NS/c12-7-3-8-10(9(13)4-7)14-5-6-1-2-15-11(6)8/h1-5H. The van der Waals surface area contributed by atoms with Crippen LogP contribution in [0.2, 0.25) is 0 Å². The third kappa shape index (κ3) is 1.22. The predicted octanol–water partition coefficient (Wildman–Crippen LogP) is 3.73. The zero-order valence-electron chi connectivity index (χ0n) is 7.50. The van der Waals surface area contributed by atoms with Gasteiger partial charge >= 0.3 is 0 Å². The van der Waals surface area contributed by atoms with E-state index < -0.39 is 11.6 Å². The molecule has 0 unspecified atom stereocenters. The van der Waals surface area contributed by atoms with Crippen LogP contribution in [0.1, 0.15) is 0 Å². The number of hydrogen-bond acceptors (Lipinski definition) is 2. The summed E-state index contributed by atoms with van der Waals surface area (Å²) >= 11 is 1.46. The van der Waals surface area contributed by atoms with Gasteiger partial charge in [-0.25, -0.2) is 8.78 Å². The third-order valence-electron chi connectivity index (χ3n) is 2.30. The maximum absolute atomic E-state index is 13.4. The summed E-state index contributed by atoms with van der Waals surface area (Å²) in [5.74, 6) is -1.18. The molecule has 74 valence electrons. The van der Waals surface area contributed by atoms with Gasteiger partial charge in [0.25, 0.3) is 0 Å². The van der Waals surface area contributed by atoms with Crippen molar-refractivity contribution in [2.45, 2.75) is 0 Å². The topological polar surface area (TPSA) is 12.9 Å². The Hall–Kier alpha value is -1.55. The van der Waals surface area contributed by atoms with E-state index in [4.69, 9.17) is 0 Å². The lowest BCUT2D eigenvalue weighted by molar-refractivity contribution is 0.590. The van der Waals surface area contributed by atoms with Gasteiger partial charge in [-0.2, -0.15) is 0 Å². The van der Waals surface area contributed by atoms with Gasteiger partial charge in [-0.15, -0.1) is 11.3 Å². The van der Waals surface area contributed by atoms with Crippen molar-refractivity contribution < 1.29 is 8.78 Å². The smallest absolute Gasteiger partial charge is 0.152 e. The van der Waals surface area contributed by atoms with Crippen molar-refractivity contribution in [3.8, 4) is 0 Å². The highest BCUT2D eigenvalue weighted by Gasteiger charge is 2.09. The average molecular weight is 221 g/mol. The number of aromatic nitrogens is 1. The number of nitrogens with zero attached hydrogens (tertiary/aromatic N) is 1. The predicted molar refractivity (Wildman–Crippen MR) is 57.0 cm³/mol. The van der Waals surface area contributed by atoms with Crippen molar-refractivity contribution >= 4 is 32.3 Å². The molecule has 3 rings (SSSR count). The minimum absolute atomic E-state index is 0.228. The number of pyridine rings is 1. The Balaban J connectivity index is 2.61. The lowest BCUT2D eigenvalue weighted by atomic mass is 10.2. The second kappa shape index (κ2) is 2.97. The van der Waals surface area contributed by atoms with E-state index in [1.165, 1.54) is 17.4 Å². The quantitative estimate of drug-likeness (QED) is 0.563. The fourth-order valence-corrected chi connectivity index (χ4v) is 2.53. The summed E-state index contributed by atoms with van der Waals surface area (Å²) in [5.41, 5.74) is 0.228. The molecule has 2 heterocycles. The summed E-state index contributed by atoms with van der Waals surface area (Å²) in [5, 5.41) is 3.34. The normalized spacial score (nSPS) is 11.3. The number of halogens is 2. The van der Waals surface area contributed by atoms with E-state index in [1.54, 1.807) is 6.20 Å². The lowest BCUT2D eigenvalue weighted by Crippen LogP contribution is -1.86. The van der Waals surface area contributed by atoms with Crippen LogP contribution in [0.15, 0.2) is 29.8 Å². The molecule has 0 aliphatic carbocycles. The first kappa shape index (κ1) is 8.73. The van der Waals surface area contributed by atoms with Crippen LogP contribution < -0.4 is 0 Å². The van der Waals surface area contributed by atoms with Gasteiger partial charge in [-0.1, -0.05) is 0 Å². The molecule has 0 saturated heterocycles. The Morgan fingerprint density at radius 1 is 1.20 bits per heavy atom. The summed E-state index contributed by atoms with van der Waals surface area (Å²) in [6.45, 7) is 0. The van der Waals surface area contributed by atoms with Crippen LogP contribution in [0.25, 0.3) is 21.0 Å². The molecule has 15 heavy (non-hydrogen) atoms. The van der Waals surface area contributed by atoms with E-state index in [-0.39, 0.29) is 5.52 Å². The van der Waals surface area contributed by atoms with Gasteiger partial charge in [0.05, 0.1) is 0 Å². The first-order valence-electron chi connectivity index (χ1n) is 4.36. The molecule has 1 nitrogen and oxygen atoms in total. The summed E-state index contributed by atoms with van der Waals surface area (Å²) < 4.78 is 27.3. The Labute approximate surface area is 88.0 Å². The van der Waals surface area contributed by atoms with E-state index >= 15 is 0 Å². The van der Waals surface area contributed by atoms with Crippen LogP contribution >= 0.6 is 11.3 Å². The highest BCUT2D eigenvalue weighted by atomic mass is 32.1. The highest BCUT2D eigenvalue weighted by Crippen LogP contribution is 2.29.